The molecule has 0 saturated heterocycles. The summed E-state index contributed by atoms with van der Waals surface area (Å²) in [5.74, 6) is 1.78. The molecule has 2 aromatic heterocycles. The Bertz CT molecular complexity index is 1150. The zero-order valence-electron chi connectivity index (χ0n) is 17.2. The van der Waals surface area contributed by atoms with Crippen LogP contribution in [0, 0.1) is 0 Å². The van der Waals surface area contributed by atoms with E-state index in [9.17, 15) is 9.59 Å². The summed E-state index contributed by atoms with van der Waals surface area (Å²) in [6, 6.07) is 5.56. The van der Waals surface area contributed by atoms with Gasteiger partial charge in [-0.15, -0.1) is 0 Å². The minimum Gasteiger partial charge on any atom is -0.493 e. The fraction of sp³-hybridized carbons (Fsp3) is 0.381. The second-order valence-electron chi connectivity index (χ2n) is 6.66. The van der Waals surface area contributed by atoms with Gasteiger partial charge in [0.1, 0.15) is 11.3 Å². The molecule has 0 aliphatic heterocycles. The number of methoxy groups -OCH3 is 2. The maximum atomic E-state index is 12.8. The number of aryl methyl sites for hydroxylation is 1. The fourth-order valence-electron chi connectivity index (χ4n) is 3.24. The third-order valence-electron chi connectivity index (χ3n) is 4.62. The summed E-state index contributed by atoms with van der Waals surface area (Å²) in [5, 5.41) is 0. The van der Waals surface area contributed by atoms with Gasteiger partial charge in [-0.1, -0.05) is 26.0 Å². The van der Waals surface area contributed by atoms with Crippen LogP contribution in [0.5, 0.6) is 11.5 Å². The van der Waals surface area contributed by atoms with Gasteiger partial charge in [0, 0.05) is 13.1 Å². The monoisotopic (exact) mass is 398 g/mol. The zero-order chi connectivity index (χ0) is 21.0. The Hall–Kier alpha value is -3.29. The van der Waals surface area contributed by atoms with E-state index in [4.69, 9.17) is 9.47 Å². The predicted octanol–water partition coefficient (Wildman–Crippen LogP) is 2.89. The van der Waals surface area contributed by atoms with Crippen molar-refractivity contribution in [1.29, 1.82) is 0 Å². The maximum absolute atomic E-state index is 12.8. The summed E-state index contributed by atoms with van der Waals surface area (Å²) < 4.78 is 13.4. The molecule has 29 heavy (non-hydrogen) atoms. The molecule has 154 valence electrons. The highest BCUT2D eigenvalue weighted by Crippen LogP contribution is 2.28. The van der Waals surface area contributed by atoms with E-state index >= 15 is 0 Å². The number of rotatable bonds is 8. The number of aromatic nitrogens is 4. The SMILES string of the molecule is CCCn1c(=O)c2[nH]c(/C=C/c3ccc(OC)c(OC)c3)nc2n(CCC)c1=O. The van der Waals surface area contributed by atoms with Crippen molar-refractivity contribution in [2.75, 3.05) is 14.2 Å². The smallest absolute Gasteiger partial charge is 0.332 e. The largest absolute Gasteiger partial charge is 0.493 e. The Morgan fingerprint density at radius 3 is 2.34 bits per heavy atom. The molecule has 0 saturated carbocycles. The molecule has 0 aliphatic rings. The summed E-state index contributed by atoms with van der Waals surface area (Å²) in [6.07, 6.45) is 5.09. The number of H-pyrrole nitrogens is 1. The van der Waals surface area contributed by atoms with E-state index in [0.29, 0.717) is 48.0 Å². The van der Waals surface area contributed by atoms with Crippen LogP contribution in [-0.2, 0) is 13.1 Å². The second kappa shape index (κ2) is 8.81. The first kappa shape index (κ1) is 20.4. The topological polar surface area (TPSA) is 91.1 Å². The van der Waals surface area contributed by atoms with Gasteiger partial charge in [-0.2, -0.15) is 0 Å². The second-order valence-corrected chi connectivity index (χ2v) is 6.66. The first-order valence-corrected chi connectivity index (χ1v) is 9.67. The first-order valence-electron chi connectivity index (χ1n) is 9.67. The van der Waals surface area contributed by atoms with Gasteiger partial charge in [0.2, 0.25) is 0 Å². The van der Waals surface area contributed by atoms with Crippen LogP contribution in [0.2, 0.25) is 0 Å². The molecule has 0 bridgehead atoms. The average Bonchev–Trinajstić information content (AvgIpc) is 3.16. The fourth-order valence-corrected chi connectivity index (χ4v) is 3.24. The third-order valence-corrected chi connectivity index (χ3v) is 4.62. The Morgan fingerprint density at radius 1 is 1.00 bits per heavy atom. The average molecular weight is 398 g/mol. The molecule has 3 aromatic rings. The quantitative estimate of drug-likeness (QED) is 0.630. The van der Waals surface area contributed by atoms with Crippen molar-refractivity contribution in [1.82, 2.24) is 19.1 Å². The standard InChI is InChI=1S/C21H26N4O4/c1-5-11-24-19-18(20(26)25(12-6-2)21(24)27)22-17(23-19)10-8-14-7-9-15(28-3)16(13-14)29-4/h7-10,13H,5-6,11-12H2,1-4H3,(H,22,23)/b10-8+. The molecule has 2 heterocycles. The van der Waals surface area contributed by atoms with Crippen LogP contribution >= 0.6 is 0 Å². The summed E-state index contributed by atoms with van der Waals surface area (Å²) >= 11 is 0. The third kappa shape index (κ3) is 3.96. The lowest BCUT2D eigenvalue weighted by Gasteiger charge is -2.09. The molecule has 3 rings (SSSR count). The van der Waals surface area contributed by atoms with Crippen molar-refractivity contribution in [3.8, 4) is 11.5 Å². The van der Waals surface area contributed by atoms with E-state index in [1.54, 1.807) is 24.9 Å². The lowest BCUT2D eigenvalue weighted by atomic mass is 10.2. The van der Waals surface area contributed by atoms with Crippen molar-refractivity contribution >= 4 is 23.3 Å². The summed E-state index contributed by atoms with van der Waals surface area (Å²) in [5.41, 5.74) is 0.975. The lowest BCUT2D eigenvalue weighted by Crippen LogP contribution is -2.40. The molecule has 0 radical (unpaired) electrons. The maximum Gasteiger partial charge on any atom is 0.332 e. The van der Waals surface area contributed by atoms with Crippen molar-refractivity contribution in [2.24, 2.45) is 0 Å². The van der Waals surface area contributed by atoms with Crippen molar-refractivity contribution in [2.45, 2.75) is 39.8 Å². The van der Waals surface area contributed by atoms with Gasteiger partial charge in [0.15, 0.2) is 17.1 Å². The van der Waals surface area contributed by atoms with E-state index in [1.165, 1.54) is 4.57 Å². The van der Waals surface area contributed by atoms with Crippen LogP contribution in [0.1, 0.15) is 38.1 Å². The van der Waals surface area contributed by atoms with Crippen molar-refractivity contribution in [3.63, 3.8) is 0 Å². The van der Waals surface area contributed by atoms with Crippen molar-refractivity contribution in [3.05, 3.63) is 50.4 Å². The van der Waals surface area contributed by atoms with Crippen LogP contribution in [0.3, 0.4) is 0 Å². The Morgan fingerprint density at radius 2 is 1.69 bits per heavy atom. The molecule has 0 unspecified atom stereocenters. The van der Waals surface area contributed by atoms with Crippen molar-refractivity contribution < 1.29 is 9.47 Å². The molecule has 0 amide bonds. The molecule has 1 aromatic carbocycles. The highest BCUT2D eigenvalue weighted by Gasteiger charge is 2.16. The molecule has 8 heteroatoms. The summed E-state index contributed by atoms with van der Waals surface area (Å²) in [7, 11) is 3.17. The highest BCUT2D eigenvalue weighted by molar-refractivity contribution is 5.76. The Balaban J connectivity index is 2.06. The van der Waals surface area contributed by atoms with Crippen LogP contribution in [0.15, 0.2) is 27.8 Å². The highest BCUT2D eigenvalue weighted by atomic mass is 16.5. The van der Waals surface area contributed by atoms with E-state index in [1.807, 2.05) is 38.1 Å². The predicted molar refractivity (Wildman–Crippen MR) is 114 cm³/mol. The van der Waals surface area contributed by atoms with E-state index < -0.39 is 0 Å². The number of imidazole rings is 1. The number of nitrogens with one attached hydrogen (secondary N) is 1. The van der Waals surface area contributed by atoms with Gasteiger partial charge in [0.25, 0.3) is 5.56 Å². The molecule has 0 aliphatic carbocycles. The minimum atomic E-state index is -0.336. The molecular formula is C21H26N4O4. The Labute approximate surface area is 168 Å². The van der Waals surface area contributed by atoms with Gasteiger partial charge in [-0.25, -0.2) is 9.78 Å². The molecule has 0 fully saturated rings. The summed E-state index contributed by atoms with van der Waals surface area (Å²) in [4.78, 5) is 33.1. The number of nitrogens with zero attached hydrogens (tertiary/aromatic N) is 3. The number of ether oxygens (including phenoxy) is 2. The zero-order valence-corrected chi connectivity index (χ0v) is 17.2. The van der Waals surface area contributed by atoms with Gasteiger partial charge >= 0.3 is 5.69 Å². The lowest BCUT2D eigenvalue weighted by molar-refractivity contribution is 0.355. The molecule has 0 atom stereocenters. The van der Waals surface area contributed by atoms with E-state index in [2.05, 4.69) is 9.97 Å². The van der Waals surface area contributed by atoms with Crippen LogP contribution in [0.4, 0.5) is 0 Å². The van der Waals surface area contributed by atoms with E-state index in [-0.39, 0.29) is 11.2 Å². The van der Waals surface area contributed by atoms with Crippen LogP contribution < -0.4 is 20.7 Å². The minimum absolute atomic E-state index is 0.312. The molecule has 8 nitrogen and oxygen atoms in total. The number of hydrogen-bond acceptors (Lipinski definition) is 5. The van der Waals surface area contributed by atoms with Gasteiger partial charge < -0.3 is 14.5 Å². The number of hydrogen-bond donors (Lipinski definition) is 1. The molecular weight excluding hydrogens is 372 g/mol. The number of fused-ring (bicyclic) bond motifs is 1. The summed E-state index contributed by atoms with van der Waals surface area (Å²) in [6.45, 7) is 4.80. The van der Waals surface area contributed by atoms with E-state index in [0.717, 1.165) is 12.0 Å². The Kier molecular flexibility index (Phi) is 6.21. The van der Waals surface area contributed by atoms with Gasteiger partial charge in [0.05, 0.1) is 14.2 Å². The molecule has 0 spiro atoms. The van der Waals surface area contributed by atoms with Gasteiger partial charge in [-0.3, -0.25) is 13.9 Å². The number of benzene rings is 1. The molecule has 1 N–H and O–H groups in total. The first-order chi connectivity index (χ1) is 14.0. The van der Waals surface area contributed by atoms with Crippen LogP contribution in [-0.4, -0.2) is 33.3 Å². The van der Waals surface area contributed by atoms with Gasteiger partial charge in [-0.05, 0) is 36.6 Å². The number of aromatic amines is 1. The van der Waals surface area contributed by atoms with Crippen LogP contribution in [0.25, 0.3) is 23.3 Å². The normalized spacial score (nSPS) is 11.4.